The highest BCUT2D eigenvalue weighted by Gasteiger charge is 2.15. The Kier molecular flexibility index (Phi) is 2.87. The lowest BCUT2D eigenvalue weighted by atomic mass is 10.0. The number of hydrogen-bond acceptors (Lipinski definition) is 4. The number of aromatic nitrogens is 2. The van der Waals surface area contributed by atoms with Crippen molar-refractivity contribution in [1.82, 2.24) is 9.97 Å². The van der Waals surface area contributed by atoms with Crippen LogP contribution in [-0.2, 0) is 0 Å². The van der Waals surface area contributed by atoms with Crippen molar-refractivity contribution in [3.05, 3.63) is 64.5 Å². The van der Waals surface area contributed by atoms with Gasteiger partial charge in [0, 0.05) is 24.0 Å². The SMILES string of the molecule is Cc1cc(-c2cccnc2)nc2cccc([N+](=O)[O-])c12. The summed E-state index contributed by atoms with van der Waals surface area (Å²) >= 11 is 0. The van der Waals surface area contributed by atoms with Gasteiger partial charge in [-0.3, -0.25) is 15.1 Å². The fraction of sp³-hybridized carbons (Fsp3) is 0.0667. The van der Waals surface area contributed by atoms with Crippen molar-refractivity contribution < 1.29 is 4.92 Å². The molecule has 0 unspecified atom stereocenters. The lowest BCUT2D eigenvalue weighted by Gasteiger charge is -2.06. The maximum absolute atomic E-state index is 11.1. The second kappa shape index (κ2) is 4.70. The van der Waals surface area contributed by atoms with Crippen LogP contribution in [0.4, 0.5) is 5.69 Å². The average Bonchev–Trinajstić information content (AvgIpc) is 2.47. The number of benzene rings is 1. The van der Waals surface area contributed by atoms with E-state index < -0.39 is 0 Å². The zero-order valence-corrected chi connectivity index (χ0v) is 10.8. The highest BCUT2D eigenvalue weighted by atomic mass is 16.6. The average molecular weight is 265 g/mol. The summed E-state index contributed by atoms with van der Waals surface area (Å²) in [4.78, 5) is 19.3. The van der Waals surface area contributed by atoms with Gasteiger partial charge in [0.05, 0.1) is 21.5 Å². The number of fused-ring (bicyclic) bond motifs is 1. The molecule has 98 valence electrons. The Balaban J connectivity index is 2.29. The molecule has 0 fully saturated rings. The van der Waals surface area contributed by atoms with Crippen LogP contribution >= 0.6 is 0 Å². The molecule has 3 rings (SSSR count). The minimum absolute atomic E-state index is 0.0882. The van der Waals surface area contributed by atoms with Gasteiger partial charge < -0.3 is 0 Å². The smallest absolute Gasteiger partial charge is 0.264 e. The first-order chi connectivity index (χ1) is 9.66. The summed E-state index contributed by atoms with van der Waals surface area (Å²) in [5.74, 6) is 0. The van der Waals surface area contributed by atoms with Gasteiger partial charge in [-0.1, -0.05) is 6.07 Å². The third-order valence-corrected chi connectivity index (χ3v) is 3.16. The molecule has 0 aliphatic heterocycles. The summed E-state index contributed by atoms with van der Waals surface area (Å²) in [6.07, 6.45) is 3.42. The normalized spacial score (nSPS) is 10.7. The Bertz CT molecular complexity index is 801. The van der Waals surface area contributed by atoms with Crippen LogP contribution in [0, 0.1) is 17.0 Å². The first-order valence-corrected chi connectivity index (χ1v) is 6.12. The van der Waals surface area contributed by atoms with Crippen LogP contribution < -0.4 is 0 Å². The van der Waals surface area contributed by atoms with Crippen molar-refractivity contribution in [3.63, 3.8) is 0 Å². The molecule has 0 aliphatic rings. The quantitative estimate of drug-likeness (QED) is 0.525. The Morgan fingerprint density at radius 1 is 1.20 bits per heavy atom. The van der Waals surface area contributed by atoms with Crippen LogP contribution in [0.25, 0.3) is 22.2 Å². The molecule has 1 aromatic carbocycles. The van der Waals surface area contributed by atoms with E-state index in [4.69, 9.17) is 0 Å². The topological polar surface area (TPSA) is 68.9 Å². The maximum Gasteiger partial charge on any atom is 0.279 e. The van der Waals surface area contributed by atoms with Gasteiger partial charge in [-0.05, 0) is 36.8 Å². The second-order valence-electron chi connectivity index (χ2n) is 4.49. The molecular formula is C15H11N3O2. The summed E-state index contributed by atoms with van der Waals surface area (Å²) in [5.41, 5.74) is 3.21. The molecule has 5 heteroatoms. The van der Waals surface area contributed by atoms with E-state index in [-0.39, 0.29) is 10.6 Å². The highest BCUT2D eigenvalue weighted by Crippen LogP contribution is 2.30. The molecule has 20 heavy (non-hydrogen) atoms. The molecule has 0 atom stereocenters. The zero-order valence-electron chi connectivity index (χ0n) is 10.8. The Labute approximate surface area is 115 Å². The molecule has 2 aromatic heterocycles. The Morgan fingerprint density at radius 2 is 2.05 bits per heavy atom. The number of non-ortho nitro benzene ring substituents is 1. The van der Waals surface area contributed by atoms with Crippen molar-refractivity contribution >= 4 is 16.6 Å². The molecule has 5 nitrogen and oxygen atoms in total. The van der Waals surface area contributed by atoms with E-state index in [2.05, 4.69) is 9.97 Å². The van der Waals surface area contributed by atoms with E-state index in [0.29, 0.717) is 10.9 Å². The van der Waals surface area contributed by atoms with E-state index in [0.717, 1.165) is 16.8 Å². The molecule has 0 amide bonds. The highest BCUT2D eigenvalue weighted by molar-refractivity contribution is 5.92. The lowest BCUT2D eigenvalue weighted by Crippen LogP contribution is -1.94. The van der Waals surface area contributed by atoms with Crippen LogP contribution in [0.2, 0.25) is 0 Å². The summed E-state index contributed by atoms with van der Waals surface area (Å²) in [6, 6.07) is 10.5. The molecular weight excluding hydrogens is 254 g/mol. The lowest BCUT2D eigenvalue weighted by molar-refractivity contribution is -0.383. The number of hydrogen-bond donors (Lipinski definition) is 0. The number of rotatable bonds is 2. The predicted molar refractivity (Wildman–Crippen MR) is 76.4 cm³/mol. The van der Waals surface area contributed by atoms with Crippen molar-refractivity contribution in [2.24, 2.45) is 0 Å². The molecule has 0 spiro atoms. The maximum atomic E-state index is 11.1. The zero-order chi connectivity index (χ0) is 14.1. The first kappa shape index (κ1) is 12.2. The molecule has 0 saturated carbocycles. The summed E-state index contributed by atoms with van der Waals surface area (Å²) in [7, 11) is 0. The summed E-state index contributed by atoms with van der Waals surface area (Å²) < 4.78 is 0. The van der Waals surface area contributed by atoms with Crippen molar-refractivity contribution in [1.29, 1.82) is 0 Å². The molecule has 0 aliphatic carbocycles. The number of nitrogens with zero attached hydrogens (tertiary/aromatic N) is 3. The minimum atomic E-state index is -0.374. The van der Waals surface area contributed by atoms with Gasteiger partial charge in [-0.15, -0.1) is 0 Å². The molecule has 2 heterocycles. The predicted octanol–water partition coefficient (Wildman–Crippen LogP) is 3.51. The van der Waals surface area contributed by atoms with E-state index in [1.807, 2.05) is 25.1 Å². The van der Waals surface area contributed by atoms with Gasteiger partial charge >= 0.3 is 0 Å². The standard InChI is InChI=1S/C15H11N3O2/c1-10-8-13(11-4-3-7-16-9-11)17-12-5-2-6-14(15(10)12)18(19)20/h2-9H,1H3. The summed E-state index contributed by atoms with van der Waals surface area (Å²) in [6.45, 7) is 1.86. The van der Waals surface area contributed by atoms with Crippen LogP contribution in [0.15, 0.2) is 48.8 Å². The molecule has 0 saturated heterocycles. The van der Waals surface area contributed by atoms with E-state index >= 15 is 0 Å². The van der Waals surface area contributed by atoms with Gasteiger partial charge in [0.1, 0.15) is 0 Å². The third-order valence-electron chi connectivity index (χ3n) is 3.16. The minimum Gasteiger partial charge on any atom is -0.264 e. The van der Waals surface area contributed by atoms with Gasteiger partial charge in [0.2, 0.25) is 0 Å². The van der Waals surface area contributed by atoms with E-state index in [1.165, 1.54) is 6.07 Å². The number of pyridine rings is 2. The van der Waals surface area contributed by atoms with E-state index in [9.17, 15) is 10.1 Å². The van der Waals surface area contributed by atoms with Crippen LogP contribution in [0.3, 0.4) is 0 Å². The van der Waals surface area contributed by atoms with Crippen molar-refractivity contribution in [3.8, 4) is 11.3 Å². The summed E-state index contributed by atoms with van der Waals surface area (Å²) in [5, 5.41) is 11.7. The first-order valence-electron chi connectivity index (χ1n) is 6.12. The Morgan fingerprint density at radius 3 is 2.75 bits per heavy atom. The van der Waals surface area contributed by atoms with Crippen LogP contribution in [0.5, 0.6) is 0 Å². The number of nitro groups is 1. The molecule has 0 N–H and O–H groups in total. The van der Waals surface area contributed by atoms with Crippen molar-refractivity contribution in [2.75, 3.05) is 0 Å². The Hall–Kier alpha value is -2.82. The second-order valence-corrected chi connectivity index (χ2v) is 4.49. The monoisotopic (exact) mass is 265 g/mol. The number of aryl methyl sites for hydroxylation is 1. The molecule has 0 radical (unpaired) electrons. The van der Waals surface area contributed by atoms with Gasteiger partial charge in [0.15, 0.2) is 0 Å². The largest absolute Gasteiger partial charge is 0.279 e. The van der Waals surface area contributed by atoms with Crippen LogP contribution in [0.1, 0.15) is 5.56 Å². The van der Waals surface area contributed by atoms with Gasteiger partial charge in [-0.25, -0.2) is 4.98 Å². The van der Waals surface area contributed by atoms with Gasteiger partial charge in [-0.2, -0.15) is 0 Å². The third kappa shape index (κ3) is 1.99. The fourth-order valence-corrected chi connectivity index (χ4v) is 2.28. The van der Waals surface area contributed by atoms with Gasteiger partial charge in [0.25, 0.3) is 5.69 Å². The van der Waals surface area contributed by atoms with E-state index in [1.54, 1.807) is 24.5 Å². The fourth-order valence-electron chi connectivity index (χ4n) is 2.28. The molecule has 0 bridgehead atoms. The van der Waals surface area contributed by atoms with Crippen molar-refractivity contribution in [2.45, 2.75) is 6.92 Å². The molecule has 3 aromatic rings. The number of nitro benzene ring substituents is 1. The van der Waals surface area contributed by atoms with Crippen LogP contribution in [-0.4, -0.2) is 14.9 Å².